The molecule has 0 atom stereocenters. The lowest BCUT2D eigenvalue weighted by atomic mass is 9.70. The topological polar surface area (TPSA) is 12.4 Å². The average molecular weight is 314 g/mol. The van der Waals surface area contributed by atoms with Crippen LogP contribution in [0.1, 0.15) is 37.7 Å². The first kappa shape index (κ1) is 14.0. The molecule has 22 heavy (non-hydrogen) atoms. The summed E-state index contributed by atoms with van der Waals surface area (Å²) < 4.78 is 13.6. The third-order valence-electron chi connectivity index (χ3n) is 4.93. The van der Waals surface area contributed by atoms with E-state index in [4.69, 9.17) is 11.6 Å². The van der Waals surface area contributed by atoms with Crippen LogP contribution in [-0.2, 0) is 5.41 Å². The quantitative estimate of drug-likeness (QED) is 0.606. The summed E-state index contributed by atoms with van der Waals surface area (Å²) in [6.45, 7) is 0. The van der Waals surface area contributed by atoms with Gasteiger partial charge in [-0.05, 0) is 59.9 Å². The summed E-state index contributed by atoms with van der Waals surface area (Å²) in [5, 5.41) is 0.430. The Balaban J connectivity index is 1.80. The molecular weight excluding hydrogens is 297 g/mol. The molecule has 2 aromatic rings. The highest BCUT2D eigenvalue weighted by atomic mass is 35.5. The molecule has 1 saturated carbocycles. The van der Waals surface area contributed by atoms with Crippen LogP contribution in [0.4, 0.5) is 10.1 Å². The minimum Gasteiger partial charge on any atom is -0.260 e. The molecule has 1 spiro atoms. The van der Waals surface area contributed by atoms with Gasteiger partial charge in [-0.25, -0.2) is 4.39 Å². The van der Waals surface area contributed by atoms with E-state index in [9.17, 15) is 4.39 Å². The molecule has 1 aliphatic carbocycles. The Morgan fingerprint density at radius 3 is 2.55 bits per heavy atom. The maximum absolute atomic E-state index is 13.6. The van der Waals surface area contributed by atoms with Crippen LogP contribution >= 0.6 is 11.6 Å². The van der Waals surface area contributed by atoms with Crippen molar-refractivity contribution in [1.82, 2.24) is 0 Å². The van der Waals surface area contributed by atoms with E-state index < -0.39 is 0 Å². The minimum absolute atomic E-state index is 0.0979. The molecule has 2 aromatic carbocycles. The van der Waals surface area contributed by atoms with Crippen molar-refractivity contribution in [3.8, 4) is 11.1 Å². The molecule has 1 heterocycles. The van der Waals surface area contributed by atoms with E-state index in [1.54, 1.807) is 0 Å². The van der Waals surface area contributed by atoms with Crippen LogP contribution < -0.4 is 0 Å². The Bertz CT molecular complexity index is 740. The molecule has 0 radical (unpaired) electrons. The first-order valence-electron chi connectivity index (χ1n) is 7.83. The number of rotatable bonds is 1. The number of hydrogen-bond acceptors (Lipinski definition) is 1. The molecule has 0 saturated heterocycles. The Hall–Kier alpha value is -1.67. The zero-order valence-electron chi connectivity index (χ0n) is 12.3. The van der Waals surface area contributed by atoms with E-state index in [-0.39, 0.29) is 11.2 Å². The molecule has 4 rings (SSSR count). The smallest absolute Gasteiger partial charge is 0.125 e. The van der Waals surface area contributed by atoms with Gasteiger partial charge in [0, 0.05) is 16.7 Å². The number of benzene rings is 2. The molecule has 0 bridgehead atoms. The minimum atomic E-state index is -0.299. The molecule has 1 aliphatic heterocycles. The second-order valence-corrected chi connectivity index (χ2v) is 6.80. The van der Waals surface area contributed by atoms with Gasteiger partial charge in [0.05, 0.1) is 5.69 Å². The maximum Gasteiger partial charge on any atom is 0.125 e. The molecule has 3 heteroatoms. The maximum atomic E-state index is 13.6. The summed E-state index contributed by atoms with van der Waals surface area (Å²) in [5.74, 6) is -0.299. The van der Waals surface area contributed by atoms with Crippen LogP contribution in [0.2, 0.25) is 5.02 Å². The summed E-state index contributed by atoms with van der Waals surface area (Å²) in [6.07, 6.45) is 8.28. The highest BCUT2D eigenvalue weighted by Gasteiger charge is 2.37. The fourth-order valence-corrected chi connectivity index (χ4v) is 4.01. The Morgan fingerprint density at radius 2 is 1.77 bits per heavy atom. The average Bonchev–Trinajstić information content (AvgIpc) is 2.85. The third kappa shape index (κ3) is 2.26. The second kappa shape index (κ2) is 5.20. The van der Waals surface area contributed by atoms with E-state index in [2.05, 4.69) is 17.3 Å². The first-order valence-corrected chi connectivity index (χ1v) is 8.20. The van der Waals surface area contributed by atoms with E-state index in [1.807, 2.05) is 18.2 Å². The standard InChI is InChI=1S/C19H17ClFN/c20-15-8-14(9-16(21)11-15)13-4-5-18-17(10-13)19(12-22-18)6-2-1-3-7-19/h4-5,8-12H,1-3,6-7H2. The summed E-state index contributed by atoms with van der Waals surface area (Å²) in [7, 11) is 0. The summed E-state index contributed by atoms with van der Waals surface area (Å²) in [4.78, 5) is 4.62. The van der Waals surface area contributed by atoms with Gasteiger partial charge in [-0.15, -0.1) is 0 Å². The van der Waals surface area contributed by atoms with Crippen molar-refractivity contribution in [2.45, 2.75) is 37.5 Å². The summed E-state index contributed by atoms with van der Waals surface area (Å²) in [5.41, 5.74) is 4.29. The molecule has 2 aliphatic rings. The fourth-order valence-electron chi connectivity index (χ4n) is 3.79. The molecule has 0 aromatic heterocycles. The van der Waals surface area contributed by atoms with Crippen molar-refractivity contribution >= 4 is 23.5 Å². The Labute approximate surface area is 134 Å². The summed E-state index contributed by atoms with van der Waals surface area (Å²) in [6, 6.07) is 10.9. The van der Waals surface area contributed by atoms with Crippen LogP contribution in [0.3, 0.4) is 0 Å². The first-order chi connectivity index (χ1) is 10.7. The second-order valence-electron chi connectivity index (χ2n) is 6.37. The Kier molecular flexibility index (Phi) is 3.30. The van der Waals surface area contributed by atoms with Gasteiger partial charge in [-0.2, -0.15) is 0 Å². The number of fused-ring (bicyclic) bond motifs is 2. The number of halogens is 2. The van der Waals surface area contributed by atoms with Gasteiger partial charge in [-0.3, -0.25) is 4.99 Å². The van der Waals surface area contributed by atoms with Crippen LogP contribution in [-0.4, -0.2) is 6.21 Å². The van der Waals surface area contributed by atoms with Crippen molar-refractivity contribution in [1.29, 1.82) is 0 Å². The SMILES string of the molecule is Fc1cc(Cl)cc(-c2ccc3c(c2)C2(C=N3)CCCCC2)c1. The number of hydrogen-bond donors (Lipinski definition) is 0. The van der Waals surface area contributed by atoms with Crippen LogP contribution in [0.15, 0.2) is 41.4 Å². The molecule has 0 amide bonds. The van der Waals surface area contributed by atoms with Crippen LogP contribution in [0, 0.1) is 5.82 Å². The monoisotopic (exact) mass is 313 g/mol. The zero-order chi connectivity index (χ0) is 15.2. The van der Waals surface area contributed by atoms with E-state index >= 15 is 0 Å². The normalized spacial score (nSPS) is 18.6. The molecule has 1 nitrogen and oxygen atoms in total. The molecule has 0 N–H and O–H groups in total. The molecule has 112 valence electrons. The van der Waals surface area contributed by atoms with Gasteiger partial charge in [0.25, 0.3) is 0 Å². The van der Waals surface area contributed by atoms with Gasteiger partial charge in [-0.1, -0.05) is 36.9 Å². The highest BCUT2D eigenvalue weighted by Crippen LogP contribution is 2.47. The van der Waals surface area contributed by atoms with Crippen LogP contribution in [0.25, 0.3) is 11.1 Å². The van der Waals surface area contributed by atoms with Crippen molar-refractivity contribution in [2.24, 2.45) is 4.99 Å². The van der Waals surface area contributed by atoms with Crippen molar-refractivity contribution in [2.75, 3.05) is 0 Å². The fraction of sp³-hybridized carbons (Fsp3) is 0.316. The zero-order valence-corrected chi connectivity index (χ0v) is 13.0. The van der Waals surface area contributed by atoms with Gasteiger partial charge >= 0.3 is 0 Å². The van der Waals surface area contributed by atoms with Gasteiger partial charge < -0.3 is 0 Å². The van der Waals surface area contributed by atoms with Gasteiger partial charge in [0.1, 0.15) is 5.82 Å². The highest BCUT2D eigenvalue weighted by molar-refractivity contribution is 6.30. The van der Waals surface area contributed by atoms with Crippen molar-refractivity contribution in [3.05, 3.63) is 52.8 Å². The van der Waals surface area contributed by atoms with Crippen LogP contribution in [0.5, 0.6) is 0 Å². The van der Waals surface area contributed by atoms with E-state index in [0.29, 0.717) is 5.02 Å². The molecule has 0 unspecified atom stereocenters. The predicted octanol–water partition coefficient (Wildman–Crippen LogP) is 6.06. The Morgan fingerprint density at radius 1 is 0.955 bits per heavy atom. The van der Waals surface area contributed by atoms with Crippen molar-refractivity contribution < 1.29 is 4.39 Å². The van der Waals surface area contributed by atoms with E-state index in [0.717, 1.165) is 29.7 Å². The lowest BCUT2D eigenvalue weighted by Gasteiger charge is -2.32. The largest absolute Gasteiger partial charge is 0.260 e. The lowest BCUT2D eigenvalue weighted by molar-refractivity contribution is 0.391. The number of nitrogens with zero attached hydrogens (tertiary/aromatic N) is 1. The number of aliphatic imine (C=N–C) groups is 1. The summed E-state index contributed by atoms with van der Waals surface area (Å²) >= 11 is 5.99. The van der Waals surface area contributed by atoms with Gasteiger partial charge in [0.15, 0.2) is 0 Å². The molecule has 1 fully saturated rings. The lowest BCUT2D eigenvalue weighted by Crippen LogP contribution is -2.28. The third-order valence-corrected chi connectivity index (χ3v) is 5.14. The predicted molar refractivity (Wildman–Crippen MR) is 89.8 cm³/mol. The molecular formula is C19H17ClFN. The van der Waals surface area contributed by atoms with E-state index in [1.165, 1.54) is 37.0 Å². The van der Waals surface area contributed by atoms with Crippen molar-refractivity contribution in [3.63, 3.8) is 0 Å². The van der Waals surface area contributed by atoms with Gasteiger partial charge in [0.2, 0.25) is 0 Å².